The lowest BCUT2D eigenvalue weighted by Gasteiger charge is -2.29. The fourth-order valence-corrected chi connectivity index (χ4v) is 2.63. The van der Waals surface area contributed by atoms with E-state index in [2.05, 4.69) is 17.3 Å². The van der Waals surface area contributed by atoms with Crippen molar-refractivity contribution in [3.05, 3.63) is 0 Å². The Bertz CT molecular complexity index is 404. The number of nitrogens with zero attached hydrogens (tertiary/aromatic N) is 2. The lowest BCUT2D eigenvalue weighted by Crippen LogP contribution is -2.51. The molecule has 23 heavy (non-hydrogen) atoms. The van der Waals surface area contributed by atoms with Crippen LogP contribution in [0.1, 0.15) is 47.5 Å². The van der Waals surface area contributed by atoms with Crippen LogP contribution in [0.2, 0.25) is 0 Å². The van der Waals surface area contributed by atoms with E-state index in [0.29, 0.717) is 18.9 Å². The number of hydrogen-bond donors (Lipinski definition) is 1. The number of amides is 2. The number of hydrogen-bond acceptors (Lipinski definition) is 4. The zero-order valence-electron chi connectivity index (χ0n) is 15.5. The molecular weight excluding hydrogens is 294 g/mol. The maximum Gasteiger partial charge on any atom is 0.408 e. The number of alkyl carbamates (subject to hydrolysis) is 1. The van der Waals surface area contributed by atoms with E-state index in [9.17, 15) is 9.59 Å². The predicted molar refractivity (Wildman–Crippen MR) is 91.3 cm³/mol. The molecule has 0 aliphatic carbocycles. The smallest absolute Gasteiger partial charge is 0.408 e. The van der Waals surface area contributed by atoms with Gasteiger partial charge in [-0.05, 0) is 53.1 Å². The molecule has 6 nitrogen and oxygen atoms in total. The summed E-state index contributed by atoms with van der Waals surface area (Å²) in [6, 6.07) is -0.520. The highest BCUT2D eigenvalue weighted by atomic mass is 16.6. The van der Waals surface area contributed by atoms with Crippen LogP contribution in [0, 0.1) is 5.92 Å². The molecule has 0 saturated carbocycles. The molecule has 1 rings (SSSR count). The molecule has 0 radical (unpaired) electrons. The minimum absolute atomic E-state index is 0.000130. The van der Waals surface area contributed by atoms with Crippen LogP contribution in [-0.2, 0) is 9.53 Å². The average molecular weight is 327 g/mol. The molecule has 1 N–H and O–H groups in total. The summed E-state index contributed by atoms with van der Waals surface area (Å²) >= 11 is 0. The summed E-state index contributed by atoms with van der Waals surface area (Å²) in [6.45, 7) is 12.9. The molecular formula is C17H33N3O3. The highest BCUT2D eigenvalue weighted by Crippen LogP contribution is 2.12. The van der Waals surface area contributed by atoms with Crippen molar-refractivity contribution in [1.82, 2.24) is 15.1 Å². The largest absolute Gasteiger partial charge is 0.444 e. The molecule has 1 unspecified atom stereocenters. The molecule has 0 aromatic heterocycles. The third kappa shape index (κ3) is 7.68. The van der Waals surface area contributed by atoms with Crippen LogP contribution >= 0.6 is 0 Å². The first kappa shape index (κ1) is 19.7. The van der Waals surface area contributed by atoms with Gasteiger partial charge in [0, 0.05) is 19.6 Å². The first-order chi connectivity index (χ1) is 10.6. The molecule has 1 saturated heterocycles. The molecule has 0 spiro atoms. The Morgan fingerprint density at radius 3 is 2.35 bits per heavy atom. The van der Waals surface area contributed by atoms with E-state index in [4.69, 9.17) is 4.74 Å². The first-order valence-electron chi connectivity index (χ1n) is 8.55. The SMILES string of the molecule is CC(C)CC(NC(=O)OC(C)(C)C)C(=O)N1CCCN(C)CC1. The molecule has 2 amide bonds. The van der Waals surface area contributed by atoms with Crippen molar-refractivity contribution in [1.29, 1.82) is 0 Å². The van der Waals surface area contributed by atoms with Gasteiger partial charge in [-0.15, -0.1) is 0 Å². The van der Waals surface area contributed by atoms with Gasteiger partial charge in [-0.3, -0.25) is 4.79 Å². The molecule has 0 aromatic rings. The van der Waals surface area contributed by atoms with Gasteiger partial charge >= 0.3 is 6.09 Å². The molecule has 1 fully saturated rings. The van der Waals surface area contributed by atoms with Crippen LogP contribution in [0.3, 0.4) is 0 Å². The Morgan fingerprint density at radius 1 is 1.13 bits per heavy atom. The van der Waals surface area contributed by atoms with Gasteiger partial charge in [0.1, 0.15) is 11.6 Å². The third-order valence-corrected chi connectivity index (χ3v) is 3.73. The van der Waals surface area contributed by atoms with Gasteiger partial charge < -0.3 is 19.9 Å². The van der Waals surface area contributed by atoms with Crippen LogP contribution in [0.5, 0.6) is 0 Å². The zero-order chi connectivity index (χ0) is 17.6. The van der Waals surface area contributed by atoms with E-state index in [1.807, 2.05) is 39.5 Å². The number of carbonyl (C=O) groups is 2. The maximum absolute atomic E-state index is 12.8. The van der Waals surface area contributed by atoms with Gasteiger partial charge in [0.25, 0.3) is 0 Å². The van der Waals surface area contributed by atoms with E-state index >= 15 is 0 Å². The average Bonchev–Trinajstić information content (AvgIpc) is 2.59. The van der Waals surface area contributed by atoms with Crippen molar-refractivity contribution in [3.63, 3.8) is 0 Å². The molecule has 1 aliphatic rings. The van der Waals surface area contributed by atoms with Gasteiger partial charge in [-0.1, -0.05) is 13.8 Å². The fraction of sp³-hybridized carbons (Fsp3) is 0.882. The van der Waals surface area contributed by atoms with Crippen molar-refractivity contribution in [2.75, 3.05) is 33.2 Å². The first-order valence-corrected chi connectivity index (χ1v) is 8.55. The third-order valence-electron chi connectivity index (χ3n) is 3.73. The van der Waals surface area contributed by atoms with Crippen LogP contribution in [0.25, 0.3) is 0 Å². The van der Waals surface area contributed by atoms with Gasteiger partial charge in [0.15, 0.2) is 0 Å². The second kappa shape index (κ2) is 8.52. The molecule has 0 bridgehead atoms. The predicted octanol–water partition coefficient (Wildman–Crippen LogP) is 2.09. The Labute approximate surface area is 140 Å². The monoisotopic (exact) mass is 327 g/mol. The topological polar surface area (TPSA) is 61.9 Å². The quantitative estimate of drug-likeness (QED) is 0.859. The summed E-state index contributed by atoms with van der Waals surface area (Å²) in [5.41, 5.74) is -0.569. The van der Waals surface area contributed by atoms with Crippen molar-refractivity contribution in [3.8, 4) is 0 Å². The second-order valence-electron chi connectivity index (χ2n) is 7.81. The summed E-state index contributed by atoms with van der Waals surface area (Å²) < 4.78 is 5.30. The lowest BCUT2D eigenvalue weighted by molar-refractivity contribution is -0.133. The Balaban J connectivity index is 2.71. The second-order valence-corrected chi connectivity index (χ2v) is 7.81. The minimum atomic E-state index is -0.569. The number of nitrogens with one attached hydrogen (secondary N) is 1. The summed E-state index contributed by atoms with van der Waals surface area (Å²) in [5.74, 6) is 0.313. The minimum Gasteiger partial charge on any atom is -0.444 e. The van der Waals surface area contributed by atoms with Crippen LogP contribution in [0.15, 0.2) is 0 Å². The number of rotatable bonds is 4. The molecule has 1 heterocycles. The molecule has 1 aliphatic heterocycles. The van der Waals surface area contributed by atoms with Crippen molar-refractivity contribution in [2.24, 2.45) is 5.92 Å². The Morgan fingerprint density at radius 2 is 1.78 bits per heavy atom. The van der Waals surface area contributed by atoms with Gasteiger partial charge in [-0.2, -0.15) is 0 Å². The Hall–Kier alpha value is -1.30. The standard InChI is InChI=1S/C17H33N3O3/c1-13(2)12-14(18-16(22)23-17(3,4)5)15(21)20-9-7-8-19(6)10-11-20/h13-14H,7-12H2,1-6H3,(H,18,22). The summed E-state index contributed by atoms with van der Waals surface area (Å²) in [5, 5.41) is 2.77. The van der Waals surface area contributed by atoms with E-state index in [1.54, 1.807) is 0 Å². The van der Waals surface area contributed by atoms with Gasteiger partial charge in [0.05, 0.1) is 0 Å². The van der Waals surface area contributed by atoms with E-state index in [1.165, 1.54) is 0 Å². The lowest BCUT2D eigenvalue weighted by atomic mass is 10.0. The van der Waals surface area contributed by atoms with Gasteiger partial charge in [0.2, 0.25) is 5.91 Å². The Kier molecular flexibility index (Phi) is 7.32. The maximum atomic E-state index is 12.8. The summed E-state index contributed by atoms with van der Waals surface area (Å²) in [4.78, 5) is 29.0. The van der Waals surface area contributed by atoms with Crippen LogP contribution in [0.4, 0.5) is 4.79 Å². The molecule has 1 atom stereocenters. The number of ether oxygens (including phenoxy) is 1. The summed E-state index contributed by atoms with van der Waals surface area (Å²) in [6.07, 6.45) is 1.05. The fourth-order valence-electron chi connectivity index (χ4n) is 2.63. The molecule has 6 heteroatoms. The summed E-state index contributed by atoms with van der Waals surface area (Å²) in [7, 11) is 2.07. The van der Waals surface area contributed by atoms with Gasteiger partial charge in [-0.25, -0.2) is 4.79 Å². The number of carbonyl (C=O) groups excluding carboxylic acids is 2. The molecule has 0 aromatic carbocycles. The van der Waals surface area contributed by atoms with Crippen molar-refractivity contribution < 1.29 is 14.3 Å². The van der Waals surface area contributed by atoms with Crippen LogP contribution < -0.4 is 5.32 Å². The normalized spacial score (nSPS) is 18.5. The van der Waals surface area contributed by atoms with Crippen LogP contribution in [-0.4, -0.2) is 66.7 Å². The zero-order valence-corrected chi connectivity index (χ0v) is 15.5. The van der Waals surface area contributed by atoms with E-state index < -0.39 is 17.7 Å². The highest BCUT2D eigenvalue weighted by Gasteiger charge is 2.29. The number of likely N-dealkylation sites (N-methyl/N-ethyl adjacent to an activating group) is 1. The van der Waals surface area contributed by atoms with E-state index in [0.717, 1.165) is 26.1 Å². The van der Waals surface area contributed by atoms with Crippen molar-refractivity contribution in [2.45, 2.75) is 59.1 Å². The molecule has 134 valence electrons. The van der Waals surface area contributed by atoms with Crippen molar-refractivity contribution >= 4 is 12.0 Å². The van der Waals surface area contributed by atoms with E-state index in [-0.39, 0.29) is 5.91 Å². The highest BCUT2D eigenvalue weighted by molar-refractivity contribution is 5.85.